The smallest absolute Gasteiger partial charge is 0.326 e. The van der Waals surface area contributed by atoms with Crippen LogP contribution >= 0.6 is 0 Å². The zero-order valence-corrected chi connectivity index (χ0v) is 12.7. The summed E-state index contributed by atoms with van der Waals surface area (Å²) >= 11 is 0. The average Bonchev–Trinajstić information content (AvgIpc) is 2.72. The Morgan fingerprint density at radius 3 is 2.20 bits per heavy atom. The number of carboxylic acid groups (broad SMARTS) is 1. The van der Waals surface area contributed by atoms with Crippen molar-refractivity contribution in [3.05, 3.63) is 0 Å². The van der Waals surface area contributed by atoms with Gasteiger partial charge in [-0.2, -0.15) is 0 Å². The number of aliphatic carboxylic acids is 1. The van der Waals surface area contributed by atoms with E-state index >= 15 is 0 Å². The van der Waals surface area contributed by atoms with E-state index in [0.29, 0.717) is 26.1 Å². The summed E-state index contributed by atoms with van der Waals surface area (Å²) in [6.45, 7) is 9.30. The number of nitrogens with zero attached hydrogens (tertiary/aromatic N) is 2. The van der Waals surface area contributed by atoms with Crippen molar-refractivity contribution in [3.63, 3.8) is 0 Å². The summed E-state index contributed by atoms with van der Waals surface area (Å²) in [6, 6.07) is -0.865. The lowest BCUT2D eigenvalue weighted by atomic mass is 9.99. The van der Waals surface area contributed by atoms with E-state index in [1.54, 1.807) is 4.90 Å². The van der Waals surface area contributed by atoms with Crippen LogP contribution in [-0.2, 0) is 9.53 Å². The van der Waals surface area contributed by atoms with E-state index in [-0.39, 0.29) is 6.03 Å². The lowest BCUT2D eigenvalue weighted by Crippen LogP contribution is -2.61. The largest absolute Gasteiger partial charge is 0.480 e. The fourth-order valence-corrected chi connectivity index (χ4v) is 3.36. The molecule has 2 saturated heterocycles. The highest BCUT2D eigenvalue weighted by molar-refractivity contribution is 5.83. The molecule has 0 bridgehead atoms. The lowest BCUT2D eigenvalue weighted by molar-refractivity contribution is -0.172. The summed E-state index contributed by atoms with van der Waals surface area (Å²) in [6.07, 6.45) is 1.29. The SMILES string of the molecule is CC1(C)CN(C(=O)N2CCC[C@@H]2C(=O)O)CC(C)(C)O1. The van der Waals surface area contributed by atoms with Gasteiger partial charge in [0, 0.05) is 6.54 Å². The maximum absolute atomic E-state index is 12.6. The number of ether oxygens (including phenoxy) is 1. The normalized spacial score (nSPS) is 28.5. The highest BCUT2D eigenvalue weighted by Crippen LogP contribution is 2.30. The number of carbonyl (C=O) groups is 2. The molecule has 0 aromatic heterocycles. The van der Waals surface area contributed by atoms with Gasteiger partial charge < -0.3 is 19.6 Å². The van der Waals surface area contributed by atoms with E-state index in [1.807, 2.05) is 27.7 Å². The van der Waals surface area contributed by atoms with Crippen molar-refractivity contribution >= 4 is 12.0 Å². The van der Waals surface area contributed by atoms with Crippen molar-refractivity contribution in [1.29, 1.82) is 0 Å². The van der Waals surface area contributed by atoms with Crippen LogP contribution in [0, 0.1) is 0 Å². The van der Waals surface area contributed by atoms with Crippen molar-refractivity contribution < 1.29 is 19.4 Å². The van der Waals surface area contributed by atoms with E-state index in [2.05, 4.69) is 0 Å². The van der Waals surface area contributed by atoms with Crippen LogP contribution in [0.1, 0.15) is 40.5 Å². The summed E-state index contributed by atoms with van der Waals surface area (Å²) < 4.78 is 5.95. The van der Waals surface area contributed by atoms with Gasteiger partial charge in [-0.1, -0.05) is 0 Å². The van der Waals surface area contributed by atoms with E-state index in [1.165, 1.54) is 4.90 Å². The molecule has 2 heterocycles. The van der Waals surface area contributed by atoms with E-state index in [9.17, 15) is 14.7 Å². The predicted molar refractivity (Wildman–Crippen MR) is 73.6 cm³/mol. The van der Waals surface area contributed by atoms with Crippen LogP contribution in [0.25, 0.3) is 0 Å². The molecular formula is C14H24N2O4. The van der Waals surface area contributed by atoms with Gasteiger partial charge in [0.15, 0.2) is 0 Å². The highest BCUT2D eigenvalue weighted by Gasteiger charge is 2.43. The minimum Gasteiger partial charge on any atom is -0.480 e. The molecule has 114 valence electrons. The van der Waals surface area contributed by atoms with Crippen molar-refractivity contribution in [1.82, 2.24) is 9.80 Å². The molecule has 2 aliphatic heterocycles. The van der Waals surface area contributed by atoms with Crippen LogP contribution in [0.5, 0.6) is 0 Å². The van der Waals surface area contributed by atoms with Gasteiger partial charge in [0.2, 0.25) is 0 Å². The molecule has 0 radical (unpaired) electrons. The Morgan fingerprint density at radius 2 is 1.70 bits per heavy atom. The van der Waals surface area contributed by atoms with Gasteiger partial charge in [-0.05, 0) is 40.5 Å². The molecule has 1 N–H and O–H groups in total. The minimum absolute atomic E-state index is 0.181. The van der Waals surface area contributed by atoms with Gasteiger partial charge >= 0.3 is 12.0 Å². The Labute approximate surface area is 119 Å². The molecular weight excluding hydrogens is 260 g/mol. The Hall–Kier alpha value is -1.30. The number of carboxylic acids is 1. The Balaban J connectivity index is 2.14. The average molecular weight is 284 g/mol. The topological polar surface area (TPSA) is 70.1 Å². The number of urea groups is 1. The number of rotatable bonds is 1. The number of carbonyl (C=O) groups excluding carboxylic acids is 1. The molecule has 1 atom stereocenters. The molecule has 20 heavy (non-hydrogen) atoms. The second kappa shape index (κ2) is 4.91. The molecule has 2 rings (SSSR count). The third-order valence-electron chi connectivity index (χ3n) is 3.75. The summed E-state index contributed by atoms with van der Waals surface area (Å²) in [4.78, 5) is 27.1. The molecule has 0 unspecified atom stereocenters. The summed E-state index contributed by atoms with van der Waals surface area (Å²) in [7, 11) is 0. The molecule has 6 nitrogen and oxygen atoms in total. The van der Waals surface area contributed by atoms with Gasteiger partial charge in [0.05, 0.1) is 24.3 Å². The zero-order valence-electron chi connectivity index (χ0n) is 12.7. The van der Waals surface area contributed by atoms with Crippen molar-refractivity contribution in [2.24, 2.45) is 0 Å². The number of hydrogen-bond donors (Lipinski definition) is 1. The van der Waals surface area contributed by atoms with Crippen molar-refractivity contribution in [3.8, 4) is 0 Å². The van der Waals surface area contributed by atoms with Crippen LogP contribution < -0.4 is 0 Å². The Bertz CT molecular complexity index is 403. The molecule has 0 spiro atoms. The predicted octanol–water partition coefficient (Wildman–Crippen LogP) is 1.54. The maximum Gasteiger partial charge on any atom is 0.326 e. The van der Waals surface area contributed by atoms with Gasteiger partial charge in [0.25, 0.3) is 0 Å². The third kappa shape index (κ3) is 3.06. The number of hydrogen-bond acceptors (Lipinski definition) is 3. The van der Waals surface area contributed by atoms with E-state index < -0.39 is 23.2 Å². The number of morpholine rings is 1. The van der Waals surface area contributed by atoms with Gasteiger partial charge in [-0.15, -0.1) is 0 Å². The van der Waals surface area contributed by atoms with Crippen LogP contribution in [0.2, 0.25) is 0 Å². The highest BCUT2D eigenvalue weighted by atomic mass is 16.5. The third-order valence-corrected chi connectivity index (χ3v) is 3.75. The molecule has 0 aromatic carbocycles. The molecule has 2 aliphatic rings. The molecule has 6 heteroatoms. The molecule has 2 amide bonds. The Morgan fingerprint density at radius 1 is 1.15 bits per heavy atom. The fourth-order valence-electron chi connectivity index (χ4n) is 3.36. The van der Waals surface area contributed by atoms with Crippen LogP contribution in [0.3, 0.4) is 0 Å². The first-order valence-electron chi connectivity index (χ1n) is 7.10. The zero-order chi connectivity index (χ0) is 15.1. The first-order valence-corrected chi connectivity index (χ1v) is 7.10. The van der Waals surface area contributed by atoms with Crippen LogP contribution in [-0.4, -0.2) is 63.8 Å². The first kappa shape index (κ1) is 15.1. The Kier molecular flexibility index (Phi) is 3.71. The van der Waals surface area contributed by atoms with Gasteiger partial charge in [-0.3, -0.25) is 0 Å². The fraction of sp³-hybridized carbons (Fsp3) is 0.857. The lowest BCUT2D eigenvalue weighted by Gasteiger charge is -2.48. The minimum atomic E-state index is -0.914. The first-order chi connectivity index (χ1) is 9.11. The van der Waals surface area contributed by atoms with Crippen LogP contribution in [0.4, 0.5) is 4.79 Å². The molecule has 0 aliphatic carbocycles. The van der Waals surface area contributed by atoms with E-state index in [4.69, 9.17) is 4.74 Å². The summed E-state index contributed by atoms with van der Waals surface area (Å²) in [5.74, 6) is -0.914. The standard InChI is InChI=1S/C14H24N2O4/c1-13(2)8-15(9-14(3,4)20-13)12(19)16-7-5-6-10(16)11(17)18/h10H,5-9H2,1-4H3,(H,17,18)/t10-/m1/s1. The maximum atomic E-state index is 12.6. The van der Waals surface area contributed by atoms with Gasteiger partial charge in [-0.25, -0.2) is 9.59 Å². The van der Waals surface area contributed by atoms with Gasteiger partial charge in [0.1, 0.15) is 6.04 Å². The van der Waals surface area contributed by atoms with Crippen molar-refractivity contribution in [2.45, 2.75) is 57.8 Å². The van der Waals surface area contributed by atoms with Crippen LogP contribution in [0.15, 0.2) is 0 Å². The molecule has 0 saturated carbocycles. The van der Waals surface area contributed by atoms with E-state index in [0.717, 1.165) is 6.42 Å². The summed E-state index contributed by atoms with van der Waals surface area (Å²) in [5, 5.41) is 9.20. The number of likely N-dealkylation sites (tertiary alicyclic amines) is 1. The quantitative estimate of drug-likeness (QED) is 0.793. The monoisotopic (exact) mass is 284 g/mol. The second-order valence-electron chi connectivity index (χ2n) is 6.95. The van der Waals surface area contributed by atoms with Crippen molar-refractivity contribution in [2.75, 3.05) is 19.6 Å². The number of amides is 2. The summed E-state index contributed by atoms with van der Waals surface area (Å²) in [5.41, 5.74) is -0.842. The molecule has 2 fully saturated rings. The second-order valence-corrected chi connectivity index (χ2v) is 6.95. The molecule has 0 aromatic rings.